The lowest BCUT2D eigenvalue weighted by Gasteiger charge is -2.15. The molecule has 7 aromatic carbocycles. The number of carbonyl (C=O) groups is 3. The van der Waals surface area contributed by atoms with Crippen molar-refractivity contribution in [3.8, 4) is 45.3 Å². The largest absolute Gasteiger partial charge is 0.495 e. The smallest absolute Gasteiger partial charge is 0.337 e. The number of carboxylic acid groups (broad SMARTS) is 2. The normalized spacial score (nSPS) is 10.1. The predicted molar refractivity (Wildman–Crippen MR) is 263 cm³/mol. The average molecular weight is 991 g/mol. The zero-order chi connectivity index (χ0) is 47.0. The highest BCUT2D eigenvalue weighted by Gasteiger charge is 2.13. The minimum atomic E-state index is -0.998. The zero-order valence-corrected chi connectivity index (χ0v) is 38.2. The summed E-state index contributed by atoms with van der Waals surface area (Å²) < 4.78 is 27.1. The van der Waals surface area contributed by atoms with Gasteiger partial charge in [-0.25, -0.2) is 14.4 Å². The van der Waals surface area contributed by atoms with E-state index in [4.69, 9.17) is 30.4 Å². The van der Waals surface area contributed by atoms with Gasteiger partial charge in [0.05, 0.1) is 75.0 Å². The Bertz CT molecular complexity index is 2640. The number of carbonyl (C=O) groups excluding carboxylic acids is 1. The third kappa shape index (κ3) is 13.1. The monoisotopic (exact) mass is 990 g/mol. The van der Waals surface area contributed by atoms with Crippen LogP contribution in [-0.4, -0.2) is 63.7 Å². The molecule has 0 unspecified atom stereocenters. The first-order valence-corrected chi connectivity index (χ1v) is 20.6. The van der Waals surface area contributed by atoms with E-state index in [0.29, 0.717) is 62.7 Å². The van der Waals surface area contributed by atoms with Crippen molar-refractivity contribution < 1.29 is 48.3 Å². The number of esters is 1. The third-order valence-electron chi connectivity index (χ3n) is 9.56. The zero-order valence-electron chi connectivity index (χ0n) is 36.0. The van der Waals surface area contributed by atoms with Gasteiger partial charge >= 0.3 is 17.9 Å². The van der Waals surface area contributed by atoms with Crippen molar-refractivity contribution >= 4 is 74.6 Å². The Morgan fingerprint density at radius 3 is 1.20 bits per heavy atom. The van der Waals surface area contributed by atoms with Gasteiger partial charge < -0.3 is 56.0 Å². The van der Waals surface area contributed by atoms with Gasteiger partial charge in [-0.05, 0) is 148 Å². The summed E-state index contributed by atoms with van der Waals surface area (Å²) >= 11 is 2.15. The SMILES string of the molecule is COC(=O)c1cccc(I)c1.COc1cc(-c2ccc(N)c(OC)c2)ccc1N.COc1cc(-c2ccc(Nc3cccc(C(=O)O)c3)c(OC)c2)ccc1Nc1cccc(C(=O)O)c1. The molecule has 0 spiro atoms. The number of nitrogens with one attached hydrogen (secondary N) is 2. The molecule has 8 N–H and O–H groups in total. The lowest BCUT2D eigenvalue weighted by Crippen LogP contribution is -2.00. The van der Waals surface area contributed by atoms with Crippen LogP contribution < -0.4 is 41.0 Å². The maximum absolute atomic E-state index is 11.3. The van der Waals surface area contributed by atoms with Gasteiger partial charge in [0, 0.05) is 14.9 Å². The second-order valence-electron chi connectivity index (χ2n) is 13.8. The van der Waals surface area contributed by atoms with Crippen LogP contribution >= 0.6 is 22.6 Å². The fourth-order valence-electron chi connectivity index (χ4n) is 6.23. The number of ether oxygens (including phenoxy) is 5. The van der Waals surface area contributed by atoms with Crippen LogP contribution in [0, 0.1) is 3.57 Å². The minimum Gasteiger partial charge on any atom is -0.495 e. The molecule has 14 nitrogen and oxygen atoms in total. The summed E-state index contributed by atoms with van der Waals surface area (Å²) in [6, 6.07) is 42.9. The highest BCUT2D eigenvalue weighted by Crippen LogP contribution is 2.37. The minimum absolute atomic E-state index is 0.186. The van der Waals surface area contributed by atoms with E-state index in [0.717, 1.165) is 25.8 Å². The van der Waals surface area contributed by atoms with Gasteiger partial charge in [0.25, 0.3) is 0 Å². The number of carboxylic acids is 2. The van der Waals surface area contributed by atoms with Gasteiger partial charge in [-0.3, -0.25) is 0 Å². The molecule has 0 aliphatic heterocycles. The Balaban J connectivity index is 0.000000225. The molecule has 0 aliphatic carbocycles. The highest BCUT2D eigenvalue weighted by atomic mass is 127. The Labute approximate surface area is 389 Å². The first-order chi connectivity index (χ1) is 31.3. The fourth-order valence-corrected chi connectivity index (χ4v) is 6.78. The standard InChI is InChI=1S/C28H24N2O6.C14H16N2O2.C8H7IO2/c1-35-25-15-17(9-11-23(25)29-21-7-3-5-19(13-21)27(31)32)18-10-12-24(26(16-18)36-2)30-22-8-4-6-20(14-22)28(33)34;1-17-13-7-9(3-5-11(13)15)10-4-6-12(16)14(8-10)18-2;1-11-8(10)6-3-2-4-7(9)5-6/h3-16,29-30H,1-2H3,(H,31,32)(H,33,34);3-8H,15-16H2,1-2H3;2-5H,1H3. The van der Waals surface area contributed by atoms with Crippen molar-refractivity contribution in [3.05, 3.63) is 166 Å². The van der Waals surface area contributed by atoms with Crippen LogP contribution in [0.4, 0.5) is 34.1 Å². The maximum Gasteiger partial charge on any atom is 0.337 e. The molecule has 15 heteroatoms. The van der Waals surface area contributed by atoms with Gasteiger partial charge in [-0.2, -0.15) is 0 Å². The number of rotatable bonds is 13. The van der Waals surface area contributed by atoms with E-state index >= 15 is 0 Å². The maximum atomic E-state index is 11.3. The Morgan fingerprint density at radius 1 is 0.462 bits per heavy atom. The van der Waals surface area contributed by atoms with E-state index in [1.807, 2.05) is 84.9 Å². The van der Waals surface area contributed by atoms with Crippen molar-refractivity contribution in [1.82, 2.24) is 0 Å². The number of benzene rings is 7. The topological polar surface area (TPSA) is 214 Å². The number of methoxy groups -OCH3 is 5. The molecule has 0 amide bonds. The molecule has 0 saturated heterocycles. The molecule has 0 aromatic heterocycles. The molecular weight excluding hydrogens is 943 g/mol. The van der Waals surface area contributed by atoms with E-state index < -0.39 is 11.9 Å². The van der Waals surface area contributed by atoms with Crippen molar-refractivity contribution in [2.24, 2.45) is 0 Å². The number of nitrogens with two attached hydrogens (primary N) is 2. The van der Waals surface area contributed by atoms with E-state index in [9.17, 15) is 24.6 Å². The number of aromatic carboxylic acids is 2. The van der Waals surface area contributed by atoms with Crippen LogP contribution in [-0.2, 0) is 4.74 Å². The van der Waals surface area contributed by atoms with Crippen molar-refractivity contribution in [2.75, 3.05) is 57.6 Å². The predicted octanol–water partition coefficient (Wildman–Crippen LogP) is 10.9. The Hall–Kier alpha value is -7.92. The van der Waals surface area contributed by atoms with Gasteiger partial charge in [0.2, 0.25) is 0 Å². The lowest BCUT2D eigenvalue weighted by molar-refractivity contribution is 0.0599. The van der Waals surface area contributed by atoms with E-state index in [2.05, 4.69) is 38.0 Å². The Kier molecular flexibility index (Phi) is 17.0. The molecule has 0 fully saturated rings. The number of anilines is 6. The van der Waals surface area contributed by atoms with Crippen LogP contribution in [0.3, 0.4) is 0 Å². The molecule has 7 rings (SSSR count). The highest BCUT2D eigenvalue weighted by molar-refractivity contribution is 14.1. The van der Waals surface area contributed by atoms with Gasteiger partial charge in [0.1, 0.15) is 23.0 Å². The molecular formula is C50H47IN4O10. The fraction of sp³-hybridized carbons (Fsp3) is 0.100. The second-order valence-corrected chi connectivity index (χ2v) is 15.0. The number of hydrogen-bond donors (Lipinski definition) is 6. The van der Waals surface area contributed by atoms with Crippen LogP contribution in [0.2, 0.25) is 0 Å². The molecule has 334 valence electrons. The molecule has 7 aromatic rings. The number of hydrogen-bond acceptors (Lipinski definition) is 12. The lowest BCUT2D eigenvalue weighted by atomic mass is 10.0. The summed E-state index contributed by atoms with van der Waals surface area (Å²) in [4.78, 5) is 33.5. The third-order valence-corrected chi connectivity index (χ3v) is 10.2. The second kappa shape index (κ2) is 23.0. The molecule has 0 bridgehead atoms. The van der Waals surface area contributed by atoms with Crippen LogP contribution in [0.1, 0.15) is 31.1 Å². The average Bonchev–Trinajstić information content (AvgIpc) is 3.32. The van der Waals surface area contributed by atoms with Crippen LogP contribution in [0.25, 0.3) is 22.3 Å². The Morgan fingerprint density at radius 2 is 0.831 bits per heavy atom. The van der Waals surface area contributed by atoms with E-state index in [1.54, 1.807) is 77.0 Å². The molecule has 0 radical (unpaired) electrons. The summed E-state index contributed by atoms with van der Waals surface area (Å²) in [5.41, 5.74) is 20.2. The van der Waals surface area contributed by atoms with Gasteiger partial charge in [-0.1, -0.05) is 42.5 Å². The molecule has 0 aliphatic rings. The summed E-state index contributed by atoms with van der Waals surface area (Å²) in [6.45, 7) is 0. The molecule has 65 heavy (non-hydrogen) atoms. The van der Waals surface area contributed by atoms with Crippen LogP contribution in [0.15, 0.2) is 146 Å². The molecule has 0 saturated carbocycles. The van der Waals surface area contributed by atoms with E-state index in [1.165, 1.54) is 19.2 Å². The molecule has 0 atom stereocenters. The number of nitrogen functional groups attached to an aromatic ring is 2. The summed E-state index contributed by atoms with van der Waals surface area (Å²) in [5.74, 6) is 0.194. The van der Waals surface area contributed by atoms with Gasteiger partial charge in [-0.15, -0.1) is 0 Å². The van der Waals surface area contributed by atoms with Crippen LogP contribution in [0.5, 0.6) is 23.0 Å². The first kappa shape index (κ1) is 48.1. The quantitative estimate of drug-likeness (QED) is 0.0360. The van der Waals surface area contributed by atoms with Crippen molar-refractivity contribution in [2.45, 2.75) is 0 Å². The van der Waals surface area contributed by atoms with E-state index in [-0.39, 0.29) is 17.1 Å². The first-order valence-electron chi connectivity index (χ1n) is 19.6. The van der Waals surface area contributed by atoms with Crippen molar-refractivity contribution in [1.29, 1.82) is 0 Å². The summed E-state index contributed by atoms with van der Waals surface area (Å²) in [7, 11) is 7.70. The molecule has 0 heterocycles. The van der Waals surface area contributed by atoms with Gasteiger partial charge in [0.15, 0.2) is 0 Å². The van der Waals surface area contributed by atoms with Crippen molar-refractivity contribution in [3.63, 3.8) is 0 Å². The summed E-state index contributed by atoms with van der Waals surface area (Å²) in [6.07, 6.45) is 0. The summed E-state index contributed by atoms with van der Waals surface area (Å²) in [5, 5.41) is 24.9. The number of halogens is 1.